The van der Waals surface area contributed by atoms with Gasteiger partial charge in [0.05, 0.1) is 0 Å². The molecule has 0 spiro atoms. The van der Waals surface area contributed by atoms with Gasteiger partial charge in [-0.1, -0.05) is 127 Å². The van der Waals surface area contributed by atoms with E-state index in [1.165, 1.54) is 76.7 Å². The Hall–Kier alpha value is -5.40. The SMILES string of the molecule is C1=C(c2cccc(-c3c4ccccc4c(-c4ccc5ccccc5c4)c4ccccc34)c2)c2oc3ccccc3c2CC1. The Morgan fingerprint density at radius 3 is 1.74 bits per heavy atom. The van der Waals surface area contributed by atoms with Gasteiger partial charge in [0.1, 0.15) is 11.3 Å². The van der Waals surface area contributed by atoms with Gasteiger partial charge in [-0.15, -0.1) is 0 Å². The molecule has 0 unspecified atom stereocenters. The van der Waals surface area contributed by atoms with Gasteiger partial charge in [0.2, 0.25) is 0 Å². The highest BCUT2D eigenvalue weighted by Crippen LogP contribution is 2.45. The minimum absolute atomic E-state index is 0.970. The van der Waals surface area contributed by atoms with E-state index in [1.54, 1.807) is 0 Å². The third kappa shape index (κ3) is 3.78. The lowest BCUT2D eigenvalue weighted by atomic mass is 9.84. The maximum absolute atomic E-state index is 6.47. The largest absolute Gasteiger partial charge is 0.456 e. The number of aryl methyl sites for hydroxylation is 1. The van der Waals surface area contributed by atoms with Gasteiger partial charge in [0.15, 0.2) is 0 Å². The van der Waals surface area contributed by atoms with Crippen LogP contribution in [0.3, 0.4) is 0 Å². The molecule has 0 fully saturated rings. The Bertz CT molecular complexity index is 2340. The quantitative estimate of drug-likeness (QED) is 0.200. The molecule has 0 aliphatic heterocycles. The van der Waals surface area contributed by atoms with Gasteiger partial charge in [-0.25, -0.2) is 0 Å². The lowest BCUT2D eigenvalue weighted by Gasteiger charge is -2.19. The number of allylic oxidation sites excluding steroid dienone is 1. The number of hydrogen-bond donors (Lipinski definition) is 0. The maximum atomic E-state index is 6.47. The molecule has 1 nitrogen and oxygen atoms in total. The Morgan fingerprint density at radius 2 is 1.02 bits per heavy atom. The summed E-state index contributed by atoms with van der Waals surface area (Å²) in [5.74, 6) is 1.02. The molecule has 0 saturated carbocycles. The molecule has 1 heteroatoms. The van der Waals surface area contributed by atoms with Crippen molar-refractivity contribution in [3.8, 4) is 22.3 Å². The third-order valence-electron chi connectivity index (χ3n) is 9.12. The fraction of sp³-hybridized carbons (Fsp3) is 0.0476. The van der Waals surface area contributed by atoms with Crippen molar-refractivity contribution in [2.45, 2.75) is 12.8 Å². The first-order valence-corrected chi connectivity index (χ1v) is 15.1. The lowest BCUT2D eigenvalue weighted by Crippen LogP contribution is -1.98. The molecule has 0 atom stereocenters. The Balaban J connectivity index is 1.28. The van der Waals surface area contributed by atoms with Crippen LogP contribution in [0.15, 0.2) is 150 Å². The molecule has 0 bridgehead atoms. The fourth-order valence-electron chi connectivity index (χ4n) is 7.20. The molecule has 202 valence electrons. The Kier molecular flexibility index (Phi) is 5.39. The van der Waals surface area contributed by atoms with Gasteiger partial charge >= 0.3 is 0 Å². The molecule has 1 aliphatic rings. The van der Waals surface area contributed by atoms with Crippen LogP contribution in [-0.2, 0) is 6.42 Å². The molecule has 43 heavy (non-hydrogen) atoms. The maximum Gasteiger partial charge on any atom is 0.138 e. The molecular weight excluding hydrogens is 520 g/mol. The smallest absolute Gasteiger partial charge is 0.138 e. The summed E-state index contributed by atoms with van der Waals surface area (Å²) in [4.78, 5) is 0. The second-order valence-corrected chi connectivity index (χ2v) is 11.5. The first kappa shape index (κ1) is 24.2. The predicted molar refractivity (Wildman–Crippen MR) is 181 cm³/mol. The third-order valence-corrected chi connectivity index (χ3v) is 9.12. The Labute approximate surface area is 250 Å². The normalized spacial score (nSPS) is 13.1. The highest BCUT2D eigenvalue weighted by molar-refractivity contribution is 6.21. The molecule has 1 aromatic heterocycles. The average Bonchev–Trinajstić information content (AvgIpc) is 3.46. The van der Waals surface area contributed by atoms with E-state index < -0.39 is 0 Å². The molecule has 0 amide bonds. The summed E-state index contributed by atoms with van der Waals surface area (Å²) in [5, 5.41) is 8.84. The summed E-state index contributed by atoms with van der Waals surface area (Å²) in [6.45, 7) is 0. The van der Waals surface area contributed by atoms with Crippen LogP contribution in [-0.4, -0.2) is 0 Å². The van der Waals surface area contributed by atoms with Crippen molar-refractivity contribution in [3.63, 3.8) is 0 Å². The van der Waals surface area contributed by atoms with Crippen molar-refractivity contribution < 1.29 is 4.42 Å². The molecule has 0 radical (unpaired) electrons. The molecule has 9 rings (SSSR count). The zero-order valence-electron chi connectivity index (χ0n) is 23.7. The van der Waals surface area contributed by atoms with Gasteiger partial charge in [0.25, 0.3) is 0 Å². The van der Waals surface area contributed by atoms with Crippen molar-refractivity contribution in [2.24, 2.45) is 0 Å². The van der Waals surface area contributed by atoms with Crippen molar-refractivity contribution in [1.82, 2.24) is 0 Å². The van der Waals surface area contributed by atoms with Gasteiger partial charge in [0, 0.05) is 16.5 Å². The molecule has 0 N–H and O–H groups in total. The minimum Gasteiger partial charge on any atom is -0.456 e. The highest BCUT2D eigenvalue weighted by atomic mass is 16.3. The number of fused-ring (bicyclic) bond motifs is 6. The van der Waals surface area contributed by atoms with Gasteiger partial charge in [-0.05, 0) is 91.2 Å². The van der Waals surface area contributed by atoms with Crippen molar-refractivity contribution >= 4 is 48.9 Å². The zero-order chi connectivity index (χ0) is 28.3. The van der Waals surface area contributed by atoms with Crippen LogP contribution in [0.25, 0.3) is 71.1 Å². The molecule has 1 aliphatic carbocycles. The van der Waals surface area contributed by atoms with E-state index in [1.807, 2.05) is 0 Å². The lowest BCUT2D eigenvalue weighted by molar-refractivity contribution is 0.591. The minimum atomic E-state index is 0.970. The van der Waals surface area contributed by atoms with Gasteiger partial charge in [-0.3, -0.25) is 0 Å². The van der Waals surface area contributed by atoms with E-state index in [0.29, 0.717) is 0 Å². The van der Waals surface area contributed by atoms with E-state index in [-0.39, 0.29) is 0 Å². The van der Waals surface area contributed by atoms with E-state index >= 15 is 0 Å². The summed E-state index contributed by atoms with van der Waals surface area (Å²) in [7, 11) is 0. The van der Waals surface area contributed by atoms with Crippen molar-refractivity contribution in [3.05, 3.63) is 162 Å². The monoisotopic (exact) mass is 548 g/mol. The molecule has 0 saturated heterocycles. The topological polar surface area (TPSA) is 13.1 Å². The second kappa shape index (κ2) is 9.58. The molecular formula is C42H28O. The number of benzene rings is 7. The van der Waals surface area contributed by atoms with Crippen LogP contribution >= 0.6 is 0 Å². The summed E-state index contributed by atoms with van der Waals surface area (Å²) >= 11 is 0. The summed E-state index contributed by atoms with van der Waals surface area (Å²) in [6.07, 6.45) is 4.38. The van der Waals surface area contributed by atoms with Crippen LogP contribution in [0, 0.1) is 0 Å². The van der Waals surface area contributed by atoms with E-state index in [4.69, 9.17) is 4.42 Å². The summed E-state index contributed by atoms with van der Waals surface area (Å²) in [6, 6.07) is 50.7. The van der Waals surface area contributed by atoms with Crippen molar-refractivity contribution in [2.75, 3.05) is 0 Å². The molecule has 1 heterocycles. The molecule has 8 aromatic rings. The number of furan rings is 1. The Morgan fingerprint density at radius 1 is 0.442 bits per heavy atom. The van der Waals surface area contributed by atoms with Crippen LogP contribution in [0.4, 0.5) is 0 Å². The van der Waals surface area contributed by atoms with Crippen LogP contribution in [0.2, 0.25) is 0 Å². The first-order chi connectivity index (χ1) is 21.3. The summed E-state index contributed by atoms with van der Waals surface area (Å²) < 4.78 is 6.47. The van der Waals surface area contributed by atoms with Crippen LogP contribution < -0.4 is 0 Å². The molecule has 7 aromatic carbocycles. The number of rotatable bonds is 3. The number of hydrogen-bond acceptors (Lipinski definition) is 1. The zero-order valence-corrected chi connectivity index (χ0v) is 23.7. The van der Waals surface area contributed by atoms with Crippen LogP contribution in [0.1, 0.15) is 23.3 Å². The van der Waals surface area contributed by atoms with E-state index in [0.717, 1.165) is 24.2 Å². The predicted octanol–water partition coefficient (Wildman–Crippen LogP) is 11.6. The van der Waals surface area contributed by atoms with Crippen LogP contribution in [0.5, 0.6) is 0 Å². The summed E-state index contributed by atoms with van der Waals surface area (Å²) in [5.41, 5.74) is 9.73. The van der Waals surface area contributed by atoms with E-state index in [9.17, 15) is 0 Å². The fourth-order valence-corrected chi connectivity index (χ4v) is 7.20. The second-order valence-electron chi connectivity index (χ2n) is 11.5. The van der Waals surface area contributed by atoms with Gasteiger partial charge < -0.3 is 4.42 Å². The first-order valence-electron chi connectivity index (χ1n) is 15.1. The standard InChI is InChI=1S/C42H28O/c1-2-12-28-25-31(24-23-27(28)11-1)41-36-18-5-3-16-34(36)40(35-17-4-6-19-37(35)41)30-14-9-13-29(26-30)32-20-10-21-38-33-15-7-8-22-39(33)43-42(32)38/h1-9,11-20,22-26H,10,21H2. The van der Waals surface area contributed by atoms with Gasteiger partial charge in [-0.2, -0.15) is 0 Å². The highest BCUT2D eigenvalue weighted by Gasteiger charge is 2.23. The van der Waals surface area contributed by atoms with Crippen molar-refractivity contribution in [1.29, 1.82) is 0 Å². The average molecular weight is 549 g/mol. The van der Waals surface area contributed by atoms with E-state index in [2.05, 4.69) is 146 Å². The number of para-hydroxylation sites is 1.